The van der Waals surface area contributed by atoms with Gasteiger partial charge in [-0.1, -0.05) is 32.4 Å². The zero-order chi connectivity index (χ0) is 20.5. The van der Waals surface area contributed by atoms with Gasteiger partial charge in [-0.2, -0.15) is 0 Å². The number of nitriles is 1. The third-order valence-corrected chi connectivity index (χ3v) is 5.23. The van der Waals surface area contributed by atoms with Gasteiger partial charge in [-0.05, 0) is 24.7 Å². The molecule has 1 fully saturated rings. The van der Waals surface area contributed by atoms with Crippen LogP contribution in [0.4, 0.5) is 0 Å². The summed E-state index contributed by atoms with van der Waals surface area (Å²) in [6.07, 6.45) is 10.7. The van der Waals surface area contributed by atoms with Crippen LogP contribution in [0.1, 0.15) is 33.1 Å². The number of ether oxygens (including phenoxy) is 4. The highest BCUT2D eigenvalue weighted by Crippen LogP contribution is 2.45. The second-order valence-electron chi connectivity index (χ2n) is 7.74. The lowest BCUT2D eigenvalue weighted by atomic mass is 9.27. The minimum atomic E-state index is 0.285. The average Bonchev–Trinajstić information content (AvgIpc) is 2.68. The zero-order valence-corrected chi connectivity index (χ0v) is 17.7. The van der Waals surface area contributed by atoms with Crippen molar-refractivity contribution in [1.82, 2.24) is 5.32 Å². The van der Waals surface area contributed by atoms with Gasteiger partial charge < -0.3 is 24.3 Å². The van der Waals surface area contributed by atoms with Crippen molar-refractivity contribution < 1.29 is 18.9 Å². The van der Waals surface area contributed by atoms with Crippen LogP contribution in [0, 0.1) is 29.0 Å². The third-order valence-electron chi connectivity index (χ3n) is 5.23. The molecule has 0 amide bonds. The van der Waals surface area contributed by atoms with E-state index in [2.05, 4.69) is 31.1 Å². The summed E-state index contributed by atoms with van der Waals surface area (Å²) in [5.74, 6) is 4.79. The van der Waals surface area contributed by atoms with E-state index in [1.807, 2.05) is 0 Å². The number of terminal acetylenes is 1. The Morgan fingerprint density at radius 2 is 1.61 bits per heavy atom. The van der Waals surface area contributed by atoms with Crippen LogP contribution in [-0.2, 0) is 18.9 Å². The molecule has 1 aliphatic heterocycles. The Hall–Kier alpha value is -1.09. The molecule has 1 saturated heterocycles. The van der Waals surface area contributed by atoms with Crippen molar-refractivity contribution in [3.8, 4) is 18.3 Å². The first-order valence-corrected chi connectivity index (χ1v) is 10.5. The molecule has 0 aromatic rings. The van der Waals surface area contributed by atoms with E-state index in [0.29, 0.717) is 64.3 Å². The molecular formula is C21H37BN2O4. The maximum atomic E-state index is 8.94. The topological polar surface area (TPSA) is 72.7 Å². The molecular weight excluding hydrogens is 355 g/mol. The van der Waals surface area contributed by atoms with Crippen LogP contribution in [0.5, 0.6) is 0 Å². The van der Waals surface area contributed by atoms with Gasteiger partial charge in [-0.3, -0.25) is 0 Å². The maximum Gasteiger partial charge on any atom is 0.268 e. The maximum absolute atomic E-state index is 8.94. The molecule has 1 rings (SSSR count). The van der Waals surface area contributed by atoms with Crippen LogP contribution in [0.2, 0.25) is 12.6 Å². The molecule has 28 heavy (non-hydrogen) atoms. The van der Waals surface area contributed by atoms with E-state index >= 15 is 0 Å². The number of nitrogens with zero attached hydrogens (tertiary/aromatic N) is 1. The second-order valence-corrected chi connectivity index (χ2v) is 7.74. The lowest BCUT2D eigenvalue weighted by Gasteiger charge is -2.41. The van der Waals surface area contributed by atoms with Gasteiger partial charge in [-0.15, -0.1) is 6.42 Å². The smallest absolute Gasteiger partial charge is 0.268 e. The molecule has 1 heterocycles. The molecule has 0 bridgehead atoms. The van der Waals surface area contributed by atoms with Gasteiger partial charge in [-0.25, -0.2) is 5.26 Å². The Kier molecular flexibility index (Phi) is 14.1. The highest BCUT2D eigenvalue weighted by atomic mass is 16.6. The number of hydrogen-bond acceptors (Lipinski definition) is 6. The van der Waals surface area contributed by atoms with Crippen LogP contribution in [0.15, 0.2) is 0 Å². The Labute approximate surface area is 171 Å². The molecule has 1 aliphatic rings. The molecule has 158 valence electrons. The summed E-state index contributed by atoms with van der Waals surface area (Å²) in [6, 6.07) is 0.527. The van der Waals surface area contributed by atoms with E-state index in [-0.39, 0.29) is 6.71 Å². The van der Waals surface area contributed by atoms with Gasteiger partial charge in [0.05, 0.1) is 46.2 Å². The molecule has 1 unspecified atom stereocenters. The van der Waals surface area contributed by atoms with Gasteiger partial charge >= 0.3 is 0 Å². The highest BCUT2D eigenvalue weighted by molar-refractivity contribution is 6.70. The predicted molar refractivity (Wildman–Crippen MR) is 113 cm³/mol. The fourth-order valence-electron chi connectivity index (χ4n) is 3.52. The van der Waals surface area contributed by atoms with Gasteiger partial charge in [0, 0.05) is 18.6 Å². The molecule has 0 spiro atoms. The quantitative estimate of drug-likeness (QED) is 0.219. The SMILES string of the molecule is C#CCOCCOCCOCCOCCNC(CC)CCC1(C)CB(C#N)C1. The molecule has 0 saturated carbocycles. The summed E-state index contributed by atoms with van der Waals surface area (Å²) in [7, 11) is 0. The van der Waals surface area contributed by atoms with Crippen LogP contribution >= 0.6 is 0 Å². The molecule has 1 atom stereocenters. The molecule has 0 aromatic heterocycles. The Morgan fingerprint density at radius 3 is 2.14 bits per heavy atom. The Balaban J connectivity index is 1.85. The molecule has 0 radical (unpaired) electrons. The number of hydrogen-bond donors (Lipinski definition) is 1. The summed E-state index contributed by atoms with van der Waals surface area (Å²) in [5, 5.41) is 12.5. The van der Waals surface area contributed by atoms with Crippen molar-refractivity contribution in [1.29, 1.82) is 5.26 Å². The summed E-state index contributed by atoms with van der Waals surface area (Å²) in [5.41, 5.74) is 0.377. The molecule has 6 nitrogen and oxygen atoms in total. The van der Waals surface area contributed by atoms with Gasteiger partial charge in [0.25, 0.3) is 6.71 Å². The first-order chi connectivity index (χ1) is 13.6. The lowest BCUT2D eigenvalue weighted by Crippen LogP contribution is -2.41. The Bertz CT molecular complexity index is 472. The summed E-state index contributed by atoms with van der Waals surface area (Å²) < 4.78 is 21.5. The van der Waals surface area contributed by atoms with Crippen molar-refractivity contribution >= 4 is 6.71 Å². The highest BCUT2D eigenvalue weighted by Gasteiger charge is 2.42. The summed E-state index contributed by atoms with van der Waals surface area (Å²) >= 11 is 0. The Morgan fingerprint density at radius 1 is 1.04 bits per heavy atom. The number of nitrogens with one attached hydrogen (secondary N) is 1. The monoisotopic (exact) mass is 392 g/mol. The molecule has 7 heteroatoms. The molecule has 1 N–H and O–H groups in total. The fraction of sp³-hybridized carbons (Fsp3) is 0.857. The van der Waals surface area contributed by atoms with Gasteiger partial charge in [0.1, 0.15) is 6.61 Å². The van der Waals surface area contributed by atoms with Crippen molar-refractivity contribution in [3.05, 3.63) is 0 Å². The van der Waals surface area contributed by atoms with Crippen molar-refractivity contribution in [2.24, 2.45) is 5.41 Å². The molecule has 0 aliphatic carbocycles. The van der Waals surface area contributed by atoms with E-state index in [9.17, 15) is 0 Å². The van der Waals surface area contributed by atoms with Crippen molar-refractivity contribution in [2.75, 3.05) is 59.4 Å². The first kappa shape index (κ1) is 25.0. The standard InChI is InChI=1S/C21H37BN2O4/c1-4-9-25-11-13-27-15-16-28-14-12-26-10-8-24-20(5-2)6-7-21(3)17-22(18-21)19-23/h1,20,24H,5-18H2,2-3H3. The minimum Gasteiger partial charge on any atom is -0.378 e. The largest absolute Gasteiger partial charge is 0.378 e. The van der Waals surface area contributed by atoms with E-state index < -0.39 is 0 Å². The molecule has 0 aromatic carbocycles. The van der Waals surface area contributed by atoms with Crippen molar-refractivity contribution in [2.45, 2.75) is 51.8 Å². The van der Waals surface area contributed by atoms with Crippen LogP contribution in [0.25, 0.3) is 0 Å². The summed E-state index contributed by atoms with van der Waals surface area (Å²) in [6.45, 7) is 10.0. The minimum absolute atomic E-state index is 0.285. The summed E-state index contributed by atoms with van der Waals surface area (Å²) in [4.78, 5) is 0. The second kappa shape index (κ2) is 15.8. The van der Waals surface area contributed by atoms with Crippen LogP contribution in [-0.4, -0.2) is 72.2 Å². The first-order valence-electron chi connectivity index (χ1n) is 10.5. The van der Waals surface area contributed by atoms with Crippen LogP contribution < -0.4 is 5.32 Å². The predicted octanol–water partition coefficient (Wildman–Crippen LogP) is 2.41. The van der Waals surface area contributed by atoms with Gasteiger partial charge in [0.15, 0.2) is 0 Å². The number of rotatable bonds is 18. The zero-order valence-electron chi connectivity index (χ0n) is 17.7. The van der Waals surface area contributed by atoms with E-state index in [1.54, 1.807) is 0 Å². The fourth-order valence-corrected chi connectivity index (χ4v) is 3.52. The van der Waals surface area contributed by atoms with Crippen LogP contribution in [0.3, 0.4) is 0 Å². The third kappa shape index (κ3) is 11.7. The normalized spacial score (nSPS) is 16.2. The lowest BCUT2D eigenvalue weighted by molar-refractivity contribution is 0.00151. The van der Waals surface area contributed by atoms with Crippen molar-refractivity contribution in [3.63, 3.8) is 0 Å². The van der Waals surface area contributed by atoms with Gasteiger partial charge in [0.2, 0.25) is 0 Å². The van der Waals surface area contributed by atoms with E-state index in [1.165, 1.54) is 12.8 Å². The van der Waals surface area contributed by atoms with E-state index in [0.717, 1.165) is 25.6 Å². The average molecular weight is 392 g/mol. The van der Waals surface area contributed by atoms with E-state index in [4.69, 9.17) is 30.6 Å².